The summed E-state index contributed by atoms with van der Waals surface area (Å²) in [4.78, 5) is 14.5. The van der Waals surface area contributed by atoms with Crippen LogP contribution in [0.15, 0.2) is 0 Å². The predicted molar refractivity (Wildman–Crippen MR) is 84.2 cm³/mol. The Morgan fingerprint density at radius 3 is 2.62 bits per heavy atom. The fourth-order valence-corrected chi connectivity index (χ4v) is 3.50. The summed E-state index contributed by atoms with van der Waals surface area (Å²) in [6, 6.07) is 0.669. The lowest BCUT2D eigenvalue weighted by atomic mass is 9.93. The molecule has 1 aliphatic heterocycles. The number of carbonyl (C=O) groups is 1. The molecule has 122 valence electrons. The third-order valence-electron chi connectivity index (χ3n) is 4.63. The molecule has 2 amide bonds. The van der Waals surface area contributed by atoms with E-state index in [-0.39, 0.29) is 18.2 Å². The lowest BCUT2D eigenvalue weighted by Crippen LogP contribution is -2.48. The Morgan fingerprint density at radius 1 is 1.24 bits per heavy atom. The summed E-state index contributed by atoms with van der Waals surface area (Å²) >= 11 is 0. The van der Waals surface area contributed by atoms with Crippen molar-refractivity contribution in [2.75, 3.05) is 19.6 Å². The molecular weight excluding hydrogens is 266 g/mol. The van der Waals surface area contributed by atoms with Gasteiger partial charge in [-0.15, -0.1) is 0 Å². The summed E-state index contributed by atoms with van der Waals surface area (Å²) in [5.41, 5.74) is 0. The predicted octanol–water partition coefficient (Wildman–Crippen LogP) is 1.71. The highest BCUT2D eigenvalue weighted by molar-refractivity contribution is 5.74. The molecule has 1 atom stereocenters. The Kier molecular flexibility index (Phi) is 6.30. The van der Waals surface area contributed by atoms with Crippen LogP contribution >= 0.6 is 0 Å². The number of urea groups is 1. The Labute approximate surface area is 128 Å². The van der Waals surface area contributed by atoms with E-state index in [4.69, 9.17) is 0 Å². The van der Waals surface area contributed by atoms with Crippen LogP contribution in [0.4, 0.5) is 4.79 Å². The van der Waals surface area contributed by atoms with Gasteiger partial charge in [0.15, 0.2) is 0 Å². The molecule has 0 radical (unpaired) electrons. The number of hydrogen-bond acceptors (Lipinski definition) is 3. The number of rotatable bonds is 5. The molecule has 3 N–H and O–H groups in total. The highest BCUT2D eigenvalue weighted by Gasteiger charge is 2.26. The van der Waals surface area contributed by atoms with Crippen molar-refractivity contribution in [3.63, 3.8) is 0 Å². The average Bonchev–Trinajstić information content (AvgIpc) is 2.85. The van der Waals surface area contributed by atoms with Gasteiger partial charge in [-0.3, -0.25) is 4.90 Å². The highest BCUT2D eigenvalue weighted by Crippen LogP contribution is 2.19. The summed E-state index contributed by atoms with van der Waals surface area (Å²) < 4.78 is 0. The number of aliphatic hydroxyl groups excluding tert-OH is 1. The van der Waals surface area contributed by atoms with Gasteiger partial charge in [0.25, 0.3) is 0 Å². The number of aliphatic hydroxyl groups is 1. The van der Waals surface area contributed by atoms with Crippen molar-refractivity contribution in [1.82, 2.24) is 15.5 Å². The largest absolute Gasteiger partial charge is 0.393 e. The van der Waals surface area contributed by atoms with Gasteiger partial charge in [0.2, 0.25) is 0 Å². The van der Waals surface area contributed by atoms with Crippen LogP contribution < -0.4 is 10.6 Å². The molecule has 5 nitrogen and oxygen atoms in total. The smallest absolute Gasteiger partial charge is 0.315 e. The minimum Gasteiger partial charge on any atom is -0.393 e. The van der Waals surface area contributed by atoms with Gasteiger partial charge in [-0.2, -0.15) is 0 Å². The summed E-state index contributed by atoms with van der Waals surface area (Å²) in [6.45, 7) is 7.51. The molecule has 0 aromatic carbocycles. The van der Waals surface area contributed by atoms with Gasteiger partial charge in [-0.1, -0.05) is 13.8 Å². The molecule has 0 unspecified atom stereocenters. The molecule has 1 heterocycles. The van der Waals surface area contributed by atoms with E-state index in [1.54, 1.807) is 0 Å². The minimum absolute atomic E-state index is 0.0483. The molecule has 0 aromatic rings. The van der Waals surface area contributed by atoms with Crippen LogP contribution in [0, 0.1) is 5.92 Å². The first-order valence-electron chi connectivity index (χ1n) is 8.51. The first-order valence-corrected chi connectivity index (χ1v) is 8.51. The molecule has 0 bridgehead atoms. The molecular formula is C16H31N3O2. The number of hydrogen-bond donors (Lipinski definition) is 3. The maximum absolute atomic E-state index is 12.0. The fourth-order valence-electron chi connectivity index (χ4n) is 3.50. The molecule has 21 heavy (non-hydrogen) atoms. The van der Waals surface area contributed by atoms with Crippen LogP contribution in [0.5, 0.6) is 0 Å². The molecule has 1 aliphatic carbocycles. The van der Waals surface area contributed by atoms with E-state index in [1.807, 2.05) is 0 Å². The second-order valence-electron chi connectivity index (χ2n) is 7.04. The first kappa shape index (κ1) is 16.6. The topological polar surface area (TPSA) is 64.6 Å². The second-order valence-corrected chi connectivity index (χ2v) is 7.04. The van der Waals surface area contributed by atoms with E-state index in [9.17, 15) is 9.90 Å². The standard InChI is InChI=1S/C16H31N3O2/c1-12(2)11-19-9-3-4-14(19)10-17-16(21)18-13-5-7-15(20)8-6-13/h12-15,20H,3-11H2,1-2H3,(H2,17,18,21)/t13?,14-,15?/m1/s1. The van der Waals surface area contributed by atoms with Crippen molar-refractivity contribution in [3.05, 3.63) is 0 Å². The number of carbonyl (C=O) groups excluding carboxylic acids is 1. The number of nitrogens with zero attached hydrogens (tertiary/aromatic N) is 1. The van der Waals surface area contributed by atoms with Gasteiger partial charge >= 0.3 is 6.03 Å². The summed E-state index contributed by atoms with van der Waals surface area (Å²) in [7, 11) is 0. The van der Waals surface area contributed by atoms with E-state index in [0.717, 1.165) is 45.3 Å². The SMILES string of the molecule is CC(C)CN1CCC[C@@H]1CNC(=O)NC1CCC(O)CC1. The molecule has 0 aromatic heterocycles. The van der Waals surface area contributed by atoms with Crippen molar-refractivity contribution in [3.8, 4) is 0 Å². The van der Waals surface area contributed by atoms with Gasteiger partial charge < -0.3 is 15.7 Å². The monoisotopic (exact) mass is 297 g/mol. The zero-order valence-corrected chi connectivity index (χ0v) is 13.5. The van der Waals surface area contributed by atoms with Crippen molar-refractivity contribution >= 4 is 6.03 Å². The van der Waals surface area contributed by atoms with Crippen molar-refractivity contribution in [2.24, 2.45) is 5.92 Å². The molecule has 2 fully saturated rings. The van der Waals surface area contributed by atoms with E-state index in [0.29, 0.717) is 12.0 Å². The Hall–Kier alpha value is -0.810. The lowest BCUT2D eigenvalue weighted by Gasteiger charge is -2.28. The van der Waals surface area contributed by atoms with Gasteiger partial charge in [-0.05, 0) is 51.0 Å². The number of nitrogens with one attached hydrogen (secondary N) is 2. The zero-order chi connectivity index (χ0) is 15.2. The van der Waals surface area contributed by atoms with Gasteiger partial charge in [-0.25, -0.2) is 4.79 Å². The lowest BCUT2D eigenvalue weighted by molar-refractivity contribution is 0.117. The van der Waals surface area contributed by atoms with Gasteiger partial charge in [0.1, 0.15) is 0 Å². The van der Waals surface area contributed by atoms with Crippen molar-refractivity contribution < 1.29 is 9.90 Å². The van der Waals surface area contributed by atoms with E-state index in [2.05, 4.69) is 29.4 Å². The number of amides is 2. The fraction of sp³-hybridized carbons (Fsp3) is 0.938. The quantitative estimate of drug-likeness (QED) is 0.724. The van der Waals surface area contributed by atoms with Gasteiger partial charge in [0.05, 0.1) is 6.10 Å². The highest BCUT2D eigenvalue weighted by atomic mass is 16.3. The van der Waals surface area contributed by atoms with Crippen LogP contribution in [0.1, 0.15) is 52.4 Å². The summed E-state index contributed by atoms with van der Waals surface area (Å²) in [5, 5.41) is 15.5. The van der Waals surface area contributed by atoms with Crippen LogP contribution in [-0.4, -0.2) is 53.9 Å². The Balaban J connectivity index is 1.66. The third-order valence-corrected chi connectivity index (χ3v) is 4.63. The van der Waals surface area contributed by atoms with Crippen LogP contribution in [-0.2, 0) is 0 Å². The Bertz CT molecular complexity index is 327. The van der Waals surface area contributed by atoms with Crippen molar-refractivity contribution in [1.29, 1.82) is 0 Å². The molecule has 0 spiro atoms. The number of likely N-dealkylation sites (tertiary alicyclic amines) is 1. The second kappa shape index (κ2) is 7.99. The van der Waals surface area contributed by atoms with Crippen molar-refractivity contribution in [2.45, 2.75) is 70.6 Å². The normalized spacial score (nSPS) is 30.6. The summed E-state index contributed by atoms with van der Waals surface area (Å²) in [6.07, 6.45) is 5.62. The maximum Gasteiger partial charge on any atom is 0.315 e. The third kappa shape index (κ3) is 5.47. The van der Waals surface area contributed by atoms with Crippen LogP contribution in [0.25, 0.3) is 0 Å². The van der Waals surface area contributed by atoms with E-state index < -0.39 is 0 Å². The molecule has 2 aliphatic rings. The van der Waals surface area contributed by atoms with E-state index in [1.165, 1.54) is 12.8 Å². The van der Waals surface area contributed by atoms with Crippen LogP contribution in [0.3, 0.4) is 0 Å². The van der Waals surface area contributed by atoms with Crippen LogP contribution in [0.2, 0.25) is 0 Å². The van der Waals surface area contributed by atoms with E-state index >= 15 is 0 Å². The molecule has 5 heteroatoms. The molecule has 2 rings (SSSR count). The molecule has 1 saturated heterocycles. The summed E-state index contributed by atoms with van der Waals surface area (Å²) in [5.74, 6) is 0.674. The Morgan fingerprint density at radius 2 is 1.95 bits per heavy atom. The first-order chi connectivity index (χ1) is 10.0. The molecule has 1 saturated carbocycles. The van der Waals surface area contributed by atoms with Gasteiger partial charge in [0, 0.05) is 25.2 Å². The average molecular weight is 297 g/mol. The zero-order valence-electron chi connectivity index (χ0n) is 13.5. The maximum atomic E-state index is 12.0. The minimum atomic E-state index is -0.172.